The predicted octanol–water partition coefficient (Wildman–Crippen LogP) is 2.10. The Morgan fingerprint density at radius 3 is 2.53 bits per heavy atom. The van der Waals surface area contributed by atoms with Crippen LogP contribution >= 0.6 is 0 Å². The third kappa shape index (κ3) is 2.94. The predicted molar refractivity (Wildman–Crippen MR) is 65.0 cm³/mol. The summed E-state index contributed by atoms with van der Waals surface area (Å²) in [6, 6.07) is 1.56. The van der Waals surface area contributed by atoms with E-state index in [4.69, 9.17) is 0 Å². The van der Waals surface area contributed by atoms with Crippen LogP contribution in [0.15, 0.2) is 0 Å². The Morgan fingerprint density at radius 1 is 1.27 bits per heavy atom. The van der Waals surface area contributed by atoms with E-state index in [-0.39, 0.29) is 0 Å². The van der Waals surface area contributed by atoms with Gasteiger partial charge in [0.25, 0.3) is 0 Å². The molecule has 2 heteroatoms. The van der Waals surface area contributed by atoms with Crippen LogP contribution in [-0.2, 0) is 0 Å². The zero-order chi connectivity index (χ0) is 10.8. The van der Waals surface area contributed by atoms with E-state index in [0.29, 0.717) is 0 Å². The Labute approximate surface area is 94.4 Å². The summed E-state index contributed by atoms with van der Waals surface area (Å²) >= 11 is 0. The molecule has 1 saturated carbocycles. The van der Waals surface area contributed by atoms with Crippen molar-refractivity contribution in [3.63, 3.8) is 0 Å². The van der Waals surface area contributed by atoms with E-state index in [1.54, 1.807) is 0 Å². The summed E-state index contributed by atoms with van der Waals surface area (Å²) in [6.45, 7) is 10.8. The van der Waals surface area contributed by atoms with Crippen molar-refractivity contribution in [2.24, 2.45) is 11.8 Å². The number of rotatable bonds is 4. The topological polar surface area (TPSA) is 15.3 Å². The zero-order valence-corrected chi connectivity index (χ0v) is 10.5. The van der Waals surface area contributed by atoms with Gasteiger partial charge in [0.05, 0.1) is 0 Å². The first-order valence-electron chi connectivity index (χ1n) is 6.68. The molecule has 0 radical (unpaired) electrons. The molecule has 2 fully saturated rings. The van der Waals surface area contributed by atoms with Gasteiger partial charge in [0.2, 0.25) is 0 Å². The summed E-state index contributed by atoms with van der Waals surface area (Å²) in [4.78, 5) is 2.60. The lowest BCUT2D eigenvalue weighted by Gasteiger charge is -2.37. The van der Waals surface area contributed by atoms with Crippen LogP contribution in [0.4, 0.5) is 0 Å². The van der Waals surface area contributed by atoms with Crippen molar-refractivity contribution in [3.8, 4) is 0 Å². The van der Waals surface area contributed by atoms with Gasteiger partial charge in [0.1, 0.15) is 0 Å². The van der Waals surface area contributed by atoms with Crippen LogP contribution in [0, 0.1) is 11.8 Å². The molecule has 1 saturated heterocycles. The lowest BCUT2D eigenvalue weighted by Crippen LogP contribution is -2.47. The SMILES string of the molecule is CCN1CCC(NCC2CC2C)CC1C. The van der Waals surface area contributed by atoms with Gasteiger partial charge in [0, 0.05) is 12.1 Å². The number of hydrogen-bond donors (Lipinski definition) is 1. The summed E-state index contributed by atoms with van der Waals surface area (Å²) in [5.74, 6) is 1.98. The Hall–Kier alpha value is -0.0800. The highest BCUT2D eigenvalue weighted by Gasteiger charge is 2.33. The fourth-order valence-corrected chi connectivity index (χ4v) is 2.88. The summed E-state index contributed by atoms with van der Waals surface area (Å²) < 4.78 is 0. The standard InChI is InChI=1S/C13H26N2/c1-4-15-6-5-13(8-11(15)3)14-9-12-7-10(12)2/h10-14H,4-9H2,1-3H3. The molecule has 1 heterocycles. The minimum Gasteiger partial charge on any atom is -0.314 e. The molecule has 0 aromatic rings. The van der Waals surface area contributed by atoms with Gasteiger partial charge < -0.3 is 10.2 Å². The fraction of sp³-hybridized carbons (Fsp3) is 1.00. The molecule has 4 unspecified atom stereocenters. The van der Waals surface area contributed by atoms with E-state index in [1.165, 1.54) is 38.9 Å². The number of likely N-dealkylation sites (tertiary alicyclic amines) is 1. The van der Waals surface area contributed by atoms with Crippen molar-refractivity contribution in [1.29, 1.82) is 0 Å². The summed E-state index contributed by atoms with van der Waals surface area (Å²) in [5.41, 5.74) is 0. The average molecular weight is 210 g/mol. The molecule has 0 amide bonds. The first kappa shape index (κ1) is 11.4. The van der Waals surface area contributed by atoms with Crippen molar-refractivity contribution in [2.75, 3.05) is 19.6 Å². The van der Waals surface area contributed by atoms with Crippen molar-refractivity contribution >= 4 is 0 Å². The van der Waals surface area contributed by atoms with E-state index in [0.717, 1.165) is 23.9 Å². The molecule has 0 aromatic carbocycles. The summed E-state index contributed by atoms with van der Waals surface area (Å²) in [7, 11) is 0. The molecular formula is C13H26N2. The Morgan fingerprint density at radius 2 is 2.00 bits per heavy atom. The summed E-state index contributed by atoms with van der Waals surface area (Å²) in [6.07, 6.45) is 4.14. The maximum Gasteiger partial charge on any atom is 0.00941 e. The summed E-state index contributed by atoms with van der Waals surface area (Å²) in [5, 5.41) is 3.76. The fourth-order valence-electron chi connectivity index (χ4n) is 2.88. The van der Waals surface area contributed by atoms with E-state index < -0.39 is 0 Å². The van der Waals surface area contributed by atoms with Gasteiger partial charge in [-0.05, 0) is 57.7 Å². The van der Waals surface area contributed by atoms with E-state index >= 15 is 0 Å². The molecule has 0 spiro atoms. The quantitative estimate of drug-likeness (QED) is 0.764. The molecule has 1 aliphatic carbocycles. The Bertz CT molecular complexity index is 205. The van der Waals surface area contributed by atoms with E-state index in [9.17, 15) is 0 Å². The molecule has 1 N–H and O–H groups in total. The van der Waals surface area contributed by atoms with Crippen LogP contribution in [0.3, 0.4) is 0 Å². The number of piperidine rings is 1. The normalized spacial score (nSPS) is 41.8. The molecule has 2 rings (SSSR count). The molecule has 88 valence electrons. The monoisotopic (exact) mass is 210 g/mol. The van der Waals surface area contributed by atoms with Crippen LogP contribution in [0.2, 0.25) is 0 Å². The lowest BCUT2D eigenvalue weighted by molar-refractivity contribution is 0.142. The van der Waals surface area contributed by atoms with Gasteiger partial charge in [-0.25, -0.2) is 0 Å². The third-order valence-electron chi connectivity index (χ3n) is 4.36. The molecule has 4 atom stereocenters. The van der Waals surface area contributed by atoms with Crippen LogP contribution < -0.4 is 5.32 Å². The molecular weight excluding hydrogens is 184 g/mol. The van der Waals surface area contributed by atoms with Crippen LogP contribution in [0.5, 0.6) is 0 Å². The lowest BCUT2D eigenvalue weighted by atomic mass is 9.98. The van der Waals surface area contributed by atoms with Crippen molar-refractivity contribution in [1.82, 2.24) is 10.2 Å². The van der Waals surface area contributed by atoms with E-state index in [2.05, 4.69) is 31.0 Å². The molecule has 1 aliphatic heterocycles. The molecule has 2 nitrogen and oxygen atoms in total. The van der Waals surface area contributed by atoms with Gasteiger partial charge in [-0.2, -0.15) is 0 Å². The van der Waals surface area contributed by atoms with Crippen molar-refractivity contribution in [2.45, 2.75) is 52.1 Å². The van der Waals surface area contributed by atoms with Crippen LogP contribution in [0.1, 0.15) is 40.0 Å². The van der Waals surface area contributed by atoms with E-state index in [1.807, 2.05) is 0 Å². The van der Waals surface area contributed by atoms with Gasteiger partial charge in [-0.1, -0.05) is 13.8 Å². The zero-order valence-electron chi connectivity index (χ0n) is 10.5. The highest BCUT2D eigenvalue weighted by atomic mass is 15.2. The second-order valence-electron chi connectivity index (χ2n) is 5.58. The maximum absolute atomic E-state index is 3.76. The van der Waals surface area contributed by atoms with Gasteiger partial charge in [-0.15, -0.1) is 0 Å². The van der Waals surface area contributed by atoms with Crippen LogP contribution in [-0.4, -0.2) is 36.6 Å². The second-order valence-corrected chi connectivity index (χ2v) is 5.58. The largest absolute Gasteiger partial charge is 0.314 e. The highest BCUT2D eigenvalue weighted by Crippen LogP contribution is 2.37. The van der Waals surface area contributed by atoms with Gasteiger partial charge in [0.15, 0.2) is 0 Å². The molecule has 2 aliphatic rings. The average Bonchev–Trinajstić information content (AvgIpc) is 2.92. The van der Waals surface area contributed by atoms with Crippen LogP contribution in [0.25, 0.3) is 0 Å². The number of hydrogen-bond acceptors (Lipinski definition) is 2. The number of nitrogens with one attached hydrogen (secondary N) is 1. The van der Waals surface area contributed by atoms with Gasteiger partial charge >= 0.3 is 0 Å². The van der Waals surface area contributed by atoms with Gasteiger partial charge in [-0.3, -0.25) is 0 Å². The minimum absolute atomic E-state index is 0.776. The third-order valence-corrected chi connectivity index (χ3v) is 4.36. The highest BCUT2D eigenvalue weighted by molar-refractivity contribution is 4.88. The second kappa shape index (κ2) is 4.84. The molecule has 0 bridgehead atoms. The smallest absolute Gasteiger partial charge is 0.00941 e. The first-order valence-corrected chi connectivity index (χ1v) is 6.68. The molecule has 15 heavy (non-hydrogen) atoms. The number of nitrogens with zero attached hydrogens (tertiary/aromatic N) is 1. The van der Waals surface area contributed by atoms with Crippen molar-refractivity contribution in [3.05, 3.63) is 0 Å². The maximum atomic E-state index is 3.76. The first-order chi connectivity index (χ1) is 7.20. The minimum atomic E-state index is 0.776. The molecule has 0 aromatic heterocycles. The Balaban J connectivity index is 1.67. The van der Waals surface area contributed by atoms with Crippen molar-refractivity contribution < 1.29 is 0 Å². The Kier molecular flexibility index (Phi) is 3.68.